The van der Waals surface area contributed by atoms with Gasteiger partial charge in [-0.2, -0.15) is 0 Å². The molecule has 0 saturated heterocycles. The van der Waals surface area contributed by atoms with E-state index in [1.54, 1.807) is 0 Å². The Morgan fingerprint density at radius 2 is 1.35 bits per heavy atom. The van der Waals surface area contributed by atoms with E-state index in [1.807, 2.05) is 0 Å². The van der Waals surface area contributed by atoms with E-state index in [4.69, 9.17) is 5.73 Å². The van der Waals surface area contributed by atoms with Gasteiger partial charge >= 0.3 is 0 Å². The van der Waals surface area contributed by atoms with Gasteiger partial charge in [0, 0.05) is 23.2 Å². The van der Waals surface area contributed by atoms with Crippen LogP contribution in [0.1, 0.15) is 17.2 Å². The fourth-order valence-electron chi connectivity index (χ4n) is 1.88. The van der Waals surface area contributed by atoms with Gasteiger partial charge in [-0.3, -0.25) is 0 Å². The van der Waals surface area contributed by atoms with Crippen LogP contribution >= 0.6 is 0 Å². The molecule has 1 unspecified atom stereocenters. The fraction of sp³-hybridized carbons (Fsp3) is 0.143. The predicted molar refractivity (Wildman–Crippen MR) is 63.3 cm³/mol. The Morgan fingerprint density at radius 1 is 0.800 bits per heavy atom. The summed E-state index contributed by atoms with van der Waals surface area (Å²) in [6.07, 6.45) is -0.375. The Morgan fingerprint density at radius 3 is 1.95 bits per heavy atom. The van der Waals surface area contributed by atoms with Crippen molar-refractivity contribution in [2.24, 2.45) is 5.73 Å². The van der Waals surface area contributed by atoms with Gasteiger partial charge in [-0.15, -0.1) is 0 Å². The minimum absolute atomic E-state index is 0.330. The Bertz CT molecular complexity index is 621. The van der Waals surface area contributed by atoms with E-state index in [2.05, 4.69) is 0 Å². The van der Waals surface area contributed by atoms with Gasteiger partial charge in [0.15, 0.2) is 11.6 Å². The van der Waals surface area contributed by atoms with Gasteiger partial charge in [0.05, 0.1) is 0 Å². The molecule has 1 nitrogen and oxygen atoms in total. The number of hydrogen-bond donors (Lipinski definition) is 1. The van der Waals surface area contributed by atoms with Crippen LogP contribution in [0.5, 0.6) is 0 Å². The summed E-state index contributed by atoms with van der Waals surface area (Å²) in [5.41, 5.74) is 4.95. The van der Waals surface area contributed by atoms with Gasteiger partial charge in [0.25, 0.3) is 0 Å². The van der Waals surface area contributed by atoms with E-state index < -0.39 is 35.1 Å². The van der Waals surface area contributed by atoms with Crippen molar-refractivity contribution < 1.29 is 22.0 Å². The van der Waals surface area contributed by atoms with Gasteiger partial charge in [0.1, 0.15) is 17.5 Å². The van der Waals surface area contributed by atoms with Gasteiger partial charge in [-0.05, 0) is 24.6 Å². The zero-order valence-corrected chi connectivity index (χ0v) is 10.1. The molecule has 6 heteroatoms. The smallest absolute Gasteiger partial charge is 0.161 e. The molecule has 0 saturated carbocycles. The second kappa shape index (κ2) is 5.58. The standard InChI is InChI=1S/C14H10F5N/c15-9-2-1-3-10(16)7(9)5-14(20)8-4-12(18)13(19)6-11(8)17/h1-4,6,14H,5,20H2. The Kier molecular flexibility index (Phi) is 4.04. The summed E-state index contributed by atoms with van der Waals surface area (Å²) in [5, 5.41) is 0. The third kappa shape index (κ3) is 2.80. The fourth-order valence-corrected chi connectivity index (χ4v) is 1.88. The van der Waals surface area contributed by atoms with Crippen LogP contribution in [-0.4, -0.2) is 0 Å². The van der Waals surface area contributed by atoms with Crippen molar-refractivity contribution in [2.45, 2.75) is 12.5 Å². The molecule has 106 valence electrons. The van der Waals surface area contributed by atoms with Crippen molar-refractivity contribution in [1.29, 1.82) is 0 Å². The van der Waals surface area contributed by atoms with Crippen LogP contribution in [0.25, 0.3) is 0 Å². The Labute approximate surface area is 111 Å². The lowest BCUT2D eigenvalue weighted by molar-refractivity contribution is 0.480. The highest BCUT2D eigenvalue weighted by Crippen LogP contribution is 2.24. The zero-order chi connectivity index (χ0) is 14.9. The molecule has 0 bridgehead atoms. The van der Waals surface area contributed by atoms with Crippen molar-refractivity contribution in [3.05, 3.63) is 70.5 Å². The maximum Gasteiger partial charge on any atom is 0.161 e. The third-order valence-electron chi connectivity index (χ3n) is 2.92. The van der Waals surface area contributed by atoms with Gasteiger partial charge in [-0.25, -0.2) is 22.0 Å². The number of hydrogen-bond acceptors (Lipinski definition) is 1. The minimum atomic E-state index is -1.35. The zero-order valence-electron chi connectivity index (χ0n) is 10.1. The van der Waals surface area contributed by atoms with E-state index in [9.17, 15) is 22.0 Å². The quantitative estimate of drug-likeness (QED) is 0.677. The number of nitrogens with two attached hydrogens (primary N) is 1. The van der Waals surface area contributed by atoms with E-state index in [0.29, 0.717) is 12.1 Å². The second-order valence-electron chi connectivity index (χ2n) is 4.30. The Hall–Kier alpha value is -1.95. The molecular weight excluding hydrogens is 277 g/mol. The number of benzene rings is 2. The summed E-state index contributed by atoms with van der Waals surface area (Å²) in [4.78, 5) is 0. The van der Waals surface area contributed by atoms with E-state index in [-0.39, 0.29) is 17.5 Å². The predicted octanol–water partition coefficient (Wildman–Crippen LogP) is 3.62. The monoisotopic (exact) mass is 287 g/mol. The molecule has 0 heterocycles. The molecule has 0 spiro atoms. The highest BCUT2D eigenvalue weighted by Gasteiger charge is 2.19. The molecule has 0 aliphatic heterocycles. The summed E-state index contributed by atoms with van der Waals surface area (Å²) in [7, 11) is 0. The third-order valence-corrected chi connectivity index (χ3v) is 2.92. The molecule has 2 aromatic carbocycles. The number of rotatable bonds is 3. The summed E-state index contributed by atoms with van der Waals surface area (Å²) in [5.74, 6) is -5.35. The average Bonchev–Trinajstić information content (AvgIpc) is 2.38. The lowest BCUT2D eigenvalue weighted by atomic mass is 9.98. The second-order valence-corrected chi connectivity index (χ2v) is 4.30. The van der Waals surface area contributed by atoms with Crippen LogP contribution in [0.2, 0.25) is 0 Å². The average molecular weight is 287 g/mol. The molecule has 0 aromatic heterocycles. The molecule has 0 radical (unpaired) electrons. The van der Waals surface area contributed by atoms with Crippen LogP contribution in [0.4, 0.5) is 22.0 Å². The molecule has 20 heavy (non-hydrogen) atoms. The van der Waals surface area contributed by atoms with E-state index in [0.717, 1.165) is 12.1 Å². The molecule has 2 rings (SSSR count). The summed E-state index contributed by atoms with van der Waals surface area (Å²) in [6, 6.07) is 2.99. The van der Waals surface area contributed by atoms with E-state index >= 15 is 0 Å². The van der Waals surface area contributed by atoms with E-state index in [1.165, 1.54) is 6.07 Å². The first-order chi connectivity index (χ1) is 9.40. The Balaban J connectivity index is 2.33. The maximum absolute atomic E-state index is 13.5. The van der Waals surface area contributed by atoms with Crippen molar-refractivity contribution >= 4 is 0 Å². The lowest BCUT2D eigenvalue weighted by Crippen LogP contribution is -2.17. The van der Waals surface area contributed by atoms with Crippen molar-refractivity contribution in [3.63, 3.8) is 0 Å². The van der Waals surface area contributed by atoms with Crippen LogP contribution < -0.4 is 5.73 Å². The molecule has 1 atom stereocenters. The number of halogens is 5. The highest BCUT2D eigenvalue weighted by atomic mass is 19.2. The first-order valence-corrected chi connectivity index (χ1v) is 5.73. The maximum atomic E-state index is 13.5. The van der Waals surface area contributed by atoms with Gasteiger partial charge in [0.2, 0.25) is 0 Å². The largest absolute Gasteiger partial charge is 0.324 e. The molecule has 0 amide bonds. The lowest BCUT2D eigenvalue weighted by Gasteiger charge is -2.14. The topological polar surface area (TPSA) is 26.0 Å². The highest BCUT2D eigenvalue weighted by molar-refractivity contribution is 5.27. The molecule has 0 aliphatic carbocycles. The summed E-state index contributed by atoms with van der Waals surface area (Å²) in [6.45, 7) is 0. The molecule has 0 fully saturated rings. The van der Waals surface area contributed by atoms with Crippen molar-refractivity contribution in [3.8, 4) is 0 Å². The van der Waals surface area contributed by atoms with Crippen molar-refractivity contribution in [1.82, 2.24) is 0 Å². The first-order valence-electron chi connectivity index (χ1n) is 5.73. The molecule has 2 aromatic rings. The van der Waals surface area contributed by atoms with Crippen LogP contribution in [0.3, 0.4) is 0 Å². The normalized spacial score (nSPS) is 12.5. The van der Waals surface area contributed by atoms with Crippen LogP contribution in [0.15, 0.2) is 30.3 Å². The molecule has 2 N–H and O–H groups in total. The van der Waals surface area contributed by atoms with Crippen LogP contribution in [-0.2, 0) is 6.42 Å². The van der Waals surface area contributed by atoms with Crippen LogP contribution in [0, 0.1) is 29.1 Å². The van der Waals surface area contributed by atoms with Gasteiger partial charge < -0.3 is 5.73 Å². The molecule has 0 aliphatic rings. The van der Waals surface area contributed by atoms with Crippen molar-refractivity contribution in [2.75, 3.05) is 0 Å². The summed E-state index contributed by atoms with van der Waals surface area (Å²) >= 11 is 0. The van der Waals surface area contributed by atoms with Gasteiger partial charge in [-0.1, -0.05) is 6.07 Å². The first kappa shape index (κ1) is 14.5. The molecular formula is C14H10F5N. The summed E-state index contributed by atoms with van der Waals surface area (Å²) < 4.78 is 66.3. The minimum Gasteiger partial charge on any atom is -0.324 e. The SMILES string of the molecule is NC(Cc1c(F)cccc1F)c1cc(F)c(F)cc1F.